The Bertz CT molecular complexity index is 934. The van der Waals surface area contributed by atoms with Gasteiger partial charge >= 0.3 is 0 Å². The summed E-state index contributed by atoms with van der Waals surface area (Å²) >= 11 is 1.09. The summed E-state index contributed by atoms with van der Waals surface area (Å²) in [6.45, 7) is 1.40. The molecule has 0 unspecified atom stereocenters. The van der Waals surface area contributed by atoms with Gasteiger partial charge in [-0.05, 0) is 23.6 Å². The number of carbonyl (C=O) groups excluding carboxylic acids is 1. The van der Waals surface area contributed by atoms with Crippen molar-refractivity contribution in [3.63, 3.8) is 0 Å². The topological polar surface area (TPSA) is 94.2 Å². The number of anilines is 1. The monoisotopic (exact) mass is 396 g/mol. The van der Waals surface area contributed by atoms with Crippen molar-refractivity contribution in [2.45, 2.75) is 4.90 Å². The minimum absolute atomic E-state index is 0.0163. The van der Waals surface area contributed by atoms with E-state index >= 15 is 0 Å². The summed E-state index contributed by atoms with van der Waals surface area (Å²) in [6.07, 6.45) is 0. The van der Waals surface area contributed by atoms with E-state index < -0.39 is 15.9 Å². The highest BCUT2D eigenvalue weighted by atomic mass is 32.2. The zero-order valence-electron chi connectivity index (χ0n) is 13.6. The number of nitrogens with one attached hydrogen (secondary N) is 1. The Balaban J connectivity index is 1.57. The average molecular weight is 396 g/mol. The summed E-state index contributed by atoms with van der Waals surface area (Å²) in [4.78, 5) is 12.8. The van der Waals surface area contributed by atoms with Gasteiger partial charge in [-0.15, -0.1) is 11.3 Å². The number of benzene rings is 1. The highest BCUT2D eigenvalue weighted by Crippen LogP contribution is 2.34. The summed E-state index contributed by atoms with van der Waals surface area (Å²) in [5, 5.41) is 4.32. The first-order chi connectivity index (χ1) is 12.6. The molecule has 1 fully saturated rings. The number of thiophene rings is 1. The molecule has 26 heavy (non-hydrogen) atoms. The van der Waals surface area contributed by atoms with E-state index in [1.54, 1.807) is 23.6 Å². The van der Waals surface area contributed by atoms with Gasteiger partial charge in [0.15, 0.2) is 11.5 Å². The molecule has 8 nitrogen and oxygen atoms in total. The van der Waals surface area contributed by atoms with E-state index in [2.05, 4.69) is 5.32 Å². The van der Waals surface area contributed by atoms with Crippen LogP contribution in [0.5, 0.6) is 11.5 Å². The van der Waals surface area contributed by atoms with Crippen LogP contribution < -0.4 is 14.8 Å². The minimum atomic E-state index is -3.74. The van der Waals surface area contributed by atoms with Gasteiger partial charge < -0.3 is 19.5 Å². The average Bonchev–Trinajstić information content (AvgIpc) is 3.31. The van der Waals surface area contributed by atoms with E-state index in [1.165, 1.54) is 10.4 Å². The quantitative estimate of drug-likeness (QED) is 0.846. The van der Waals surface area contributed by atoms with Crippen LogP contribution in [0.25, 0.3) is 0 Å². The second-order valence-electron chi connectivity index (χ2n) is 5.65. The van der Waals surface area contributed by atoms with Crippen LogP contribution in [0, 0.1) is 0 Å². The fraction of sp³-hybridized carbons (Fsp3) is 0.312. The van der Waals surface area contributed by atoms with Crippen LogP contribution in [0.1, 0.15) is 9.67 Å². The fourth-order valence-electron chi connectivity index (χ4n) is 2.75. The molecule has 0 aliphatic carbocycles. The maximum Gasteiger partial charge on any atom is 0.267 e. The van der Waals surface area contributed by atoms with Crippen LogP contribution in [-0.2, 0) is 14.8 Å². The van der Waals surface area contributed by atoms with E-state index in [1.807, 2.05) is 0 Å². The molecule has 138 valence electrons. The van der Waals surface area contributed by atoms with E-state index in [4.69, 9.17) is 14.2 Å². The molecule has 2 aliphatic heterocycles. The molecule has 10 heteroatoms. The number of hydrogen-bond acceptors (Lipinski definition) is 7. The highest BCUT2D eigenvalue weighted by Gasteiger charge is 2.31. The lowest BCUT2D eigenvalue weighted by atomic mass is 10.2. The molecule has 2 aliphatic rings. The van der Waals surface area contributed by atoms with Crippen molar-refractivity contribution in [1.29, 1.82) is 0 Å². The SMILES string of the molecule is O=C(Nc1ccc2c(c1)OCO2)c1sccc1S(=O)(=O)N1CCOCC1. The number of fused-ring (bicyclic) bond motifs is 1. The minimum Gasteiger partial charge on any atom is -0.454 e. The Labute approximate surface area is 154 Å². The third-order valence-electron chi connectivity index (χ3n) is 4.05. The molecule has 0 bridgehead atoms. The Morgan fingerprint density at radius 2 is 1.88 bits per heavy atom. The number of ether oxygens (including phenoxy) is 3. The maximum absolute atomic E-state index is 12.8. The Kier molecular flexibility index (Phi) is 4.57. The Morgan fingerprint density at radius 3 is 2.69 bits per heavy atom. The van der Waals surface area contributed by atoms with E-state index in [-0.39, 0.29) is 29.7 Å². The number of nitrogens with zero attached hydrogens (tertiary/aromatic N) is 1. The normalized spacial score (nSPS) is 17.2. The molecule has 2 aromatic rings. The molecule has 4 rings (SSSR count). The predicted octanol–water partition coefficient (Wildman–Crippen LogP) is 1.75. The maximum atomic E-state index is 12.8. The molecular formula is C16H16N2O6S2. The second-order valence-corrected chi connectivity index (χ2v) is 8.48. The van der Waals surface area contributed by atoms with Crippen LogP contribution in [0.2, 0.25) is 0 Å². The van der Waals surface area contributed by atoms with E-state index in [9.17, 15) is 13.2 Å². The Hall–Kier alpha value is -2.14. The van der Waals surface area contributed by atoms with Crippen molar-refractivity contribution >= 4 is 33.0 Å². The molecule has 1 aromatic carbocycles. The number of sulfonamides is 1. The van der Waals surface area contributed by atoms with E-state index in [0.29, 0.717) is 30.4 Å². The largest absolute Gasteiger partial charge is 0.454 e. The molecule has 3 heterocycles. The van der Waals surface area contributed by atoms with Crippen molar-refractivity contribution < 1.29 is 27.4 Å². The van der Waals surface area contributed by atoms with Gasteiger partial charge in [0.25, 0.3) is 5.91 Å². The van der Waals surface area contributed by atoms with Crippen molar-refractivity contribution in [1.82, 2.24) is 4.31 Å². The Morgan fingerprint density at radius 1 is 1.12 bits per heavy atom. The van der Waals surface area contributed by atoms with Gasteiger partial charge in [-0.3, -0.25) is 4.79 Å². The number of hydrogen-bond donors (Lipinski definition) is 1. The first-order valence-corrected chi connectivity index (χ1v) is 10.2. The van der Waals surface area contributed by atoms with Crippen LogP contribution in [0.4, 0.5) is 5.69 Å². The van der Waals surface area contributed by atoms with Crippen molar-refractivity contribution in [2.75, 3.05) is 38.4 Å². The number of carbonyl (C=O) groups is 1. The molecule has 0 atom stereocenters. The lowest BCUT2D eigenvalue weighted by Gasteiger charge is -2.26. The lowest BCUT2D eigenvalue weighted by Crippen LogP contribution is -2.41. The van der Waals surface area contributed by atoms with Gasteiger partial charge in [0.05, 0.1) is 13.2 Å². The third-order valence-corrected chi connectivity index (χ3v) is 7.04. The van der Waals surface area contributed by atoms with Crippen molar-refractivity contribution in [3.8, 4) is 11.5 Å². The summed E-state index contributed by atoms with van der Waals surface area (Å²) < 4.78 is 42.7. The smallest absolute Gasteiger partial charge is 0.267 e. The van der Waals surface area contributed by atoms with Gasteiger partial charge in [-0.2, -0.15) is 4.31 Å². The first-order valence-electron chi connectivity index (χ1n) is 7.92. The molecule has 1 amide bonds. The first kappa shape index (κ1) is 17.3. The number of amides is 1. The number of rotatable bonds is 4. The fourth-order valence-corrected chi connectivity index (χ4v) is 5.46. The molecule has 1 aromatic heterocycles. The number of morpholine rings is 1. The van der Waals surface area contributed by atoms with Gasteiger partial charge in [-0.1, -0.05) is 0 Å². The van der Waals surface area contributed by atoms with Crippen molar-refractivity contribution in [3.05, 3.63) is 34.5 Å². The van der Waals surface area contributed by atoms with E-state index in [0.717, 1.165) is 11.3 Å². The lowest BCUT2D eigenvalue weighted by molar-refractivity contribution is 0.0730. The molecule has 0 radical (unpaired) electrons. The molecule has 0 saturated carbocycles. The third kappa shape index (κ3) is 3.16. The predicted molar refractivity (Wildman–Crippen MR) is 94.4 cm³/mol. The summed E-state index contributed by atoms with van der Waals surface area (Å²) in [6, 6.07) is 6.47. The van der Waals surface area contributed by atoms with Crippen LogP contribution in [-0.4, -0.2) is 51.7 Å². The molecule has 1 N–H and O–H groups in total. The second kappa shape index (κ2) is 6.88. The van der Waals surface area contributed by atoms with Gasteiger partial charge in [-0.25, -0.2) is 8.42 Å². The summed E-state index contributed by atoms with van der Waals surface area (Å²) in [5.41, 5.74) is 0.502. The van der Waals surface area contributed by atoms with Crippen molar-refractivity contribution in [2.24, 2.45) is 0 Å². The summed E-state index contributed by atoms with van der Waals surface area (Å²) in [5.74, 6) is 0.663. The van der Waals surface area contributed by atoms with Gasteiger partial charge in [0.1, 0.15) is 9.77 Å². The van der Waals surface area contributed by atoms with Crippen LogP contribution >= 0.6 is 11.3 Å². The molecular weight excluding hydrogens is 380 g/mol. The molecule has 1 saturated heterocycles. The summed E-state index contributed by atoms with van der Waals surface area (Å²) in [7, 11) is -3.74. The zero-order chi connectivity index (χ0) is 18.1. The van der Waals surface area contributed by atoms with Crippen LogP contribution in [0.15, 0.2) is 34.5 Å². The van der Waals surface area contributed by atoms with Gasteiger partial charge in [0.2, 0.25) is 16.8 Å². The van der Waals surface area contributed by atoms with Gasteiger partial charge in [0, 0.05) is 24.8 Å². The standard InChI is InChI=1S/C16H16N2O6S2/c19-16(17-11-1-2-12-13(9-11)24-10-23-12)15-14(3-8-25-15)26(20,21)18-4-6-22-7-5-18/h1-3,8-9H,4-7,10H2,(H,17,19). The highest BCUT2D eigenvalue weighted by molar-refractivity contribution is 7.89. The van der Waals surface area contributed by atoms with Crippen LogP contribution in [0.3, 0.4) is 0 Å². The molecule has 0 spiro atoms. The zero-order valence-corrected chi connectivity index (χ0v) is 15.3.